The Labute approximate surface area is 198 Å². The molecule has 3 aliphatic heterocycles. The van der Waals surface area contributed by atoms with Gasteiger partial charge in [0.15, 0.2) is 0 Å². The summed E-state index contributed by atoms with van der Waals surface area (Å²) in [6.45, 7) is 3.47. The Morgan fingerprint density at radius 3 is 2.76 bits per heavy atom. The Morgan fingerprint density at radius 1 is 1.12 bits per heavy atom. The number of rotatable bonds is 6. The quantitative estimate of drug-likeness (QED) is 0.649. The molecule has 2 saturated heterocycles. The molecule has 2 atom stereocenters. The minimum atomic E-state index is -0.298. The Hall–Kier alpha value is -3.30. The molecule has 0 aliphatic carbocycles. The average molecular weight is 465 g/mol. The summed E-state index contributed by atoms with van der Waals surface area (Å²) in [6.07, 6.45) is 4.77. The van der Waals surface area contributed by atoms with Crippen LogP contribution in [0.2, 0.25) is 0 Å². The van der Waals surface area contributed by atoms with Gasteiger partial charge in [0, 0.05) is 32.0 Å². The number of carbonyl (C=O) groups excluding carboxylic acids is 3. The molecule has 0 radical (unpaired) electrons. The van der Waals surface area contributed by atoms with Gasteiger partial charge in [0.1, 0.15) is 0 Å². The summed E-state index contributed by atoms with van der Waals surface area (Å²) in [5, 5.41) is 2.99. The van der Waals surface area contributed by atoms with Crippen molar-refractivity contribution >= 4 is 23.4 Å². The number of hydrogen-bond donors (Lipinski definition) is 1. The van der Waals surface area contributed by atoms with Gasteiger partial charge in [0.2, 0.25) is 5.91 Å². The first kappa shape index (κ1) is 22.5. The molecule has 1 N–H and O–H groups in total. The number of nitrogens with one attached hydrogen (secondary N) is 1. The van der Waals surface area contributed by atoms with Crippen molar-refractivity contribution in [2.24, 2.45) is 5.92 Å². The number of fused-ring (bicyclic) bond motifs is 1. The summed E-state index contributed by atoms with van der Waals surface area (Å²) in [4.78, 5) is 46.6. The lowest BCUT2D eigenvalue weighted by Gasteiger charge is -2.35. The number of benzene rings is 1. The summed E-state index contributed by atoms with van der Waals surface area (Å²) >= 11 is 0. The minimum absolute atomic E-state index is 0.0202. The van der Waals surface area contributed by atoms with Crippen molar-refractivity contribution in [3.05, 3.63) is 59.4 Å². The highest BCUT2D eigenvalue weighted by atomic mass is 16.6. The normalized spacial score (nSPS) is 22.6. The SMILES string of the molecule is O=C(NCC1COCCO1)[C@@H]1CCCN(c2cccc3c2C(=O)N(Cc2ccncc2)C3=O)C1. The van der Waals surface area contributed by atoms with Crippen LogP contribution >= 0.6 is 0 Å². The van der Waals surface area contributed by atoms with Crippen molar-refractivity contribution in [3.8, 4) is 0 Å². The molecule has 2 aromatic rings. The average Bonchev–Trinajstić information content (AvgIpc) is 3.13. The third kappa shape index (κ3) is 4.53. The highest BCUT2D eigenvalue weighted by molar-refractivity contribution is 6.23. The van der Waals surface area contributed by atoms with Crippen LogP contribution in [-0.2, 0) is 20.8 Å². The van der Waals surface area contributed by atoms with Crippen molar-refractivity contribution in [2.75, 3.05) is 44.4 Å². The molecule has 3 amide bonds. The fourth-order valence-electron chi connectivity index (χ4n) is 4.82. The fourth-order valence-corrected chi connectivity index (χ4v) is 4.82. The number of pyridine rings is 1. The van der Waals surface area contributed by atoms with E-state index < -0.39 is 0 Å². The lowest BCUT2D eigenvalue weighted by Crippen LogP contribution is -2.46. The zero-order valence-corrected chi connectivity index (χ0v) is 18.9. The Kier molecular flexibility index (Phi) is 6.55. The number of amides is 3. The molecule has 4 heterocycles. The predicted molar refractivity (Wildman–Crippen MR) is 123 cm³/mol. The smallest absolute Gasteiger partial charge is 0.263 e. The van der Waals surface area contributed by atoms with Gasteiger partial charge in [-0.15, -0.1) is 0 Å². The van der Waals surface area contributed by atoms with Crippen LogP contribution in [0.25, 0.3) is 0 Å². The zero-order chi connectivity index (χ0) is 23.5. The van der Waals surface area contributed by atoms with E-state index in [1.165, 1.54) is 4.90 Å². The van der Waals surface area contributed by atoms with Crippen molar-refractivity contribution in [2.45, 2.75) is 25.5 Å². The molecule has 178 valence electrons. The number of piperidine rings is 1. The monoisotopic (exact) mass is 464 g/mol. The van der Waals surface area contributed by atoms with E-state index in [0.717, 1.165) is 30.6 Å². The van der Waals surface area contributed by atoms with Gasteiger partial charge < -0.3 is 19.7 Å². The second-order valence-electron chi connectivity index (χ2n) is 8.85. The van der Waals surface area contributed by atoms with Crippen molar-refractivity contribution < 1.29 is 23.9 Å². The maximum atomic E-state index is 13.3. The van der Waals surface area contributed by atoms with Gasteiger partial charge in [-0.25, -0.2) is 0 Å². The van der Waals surface area contributed by atoms with Crippen LogP contribution in [-0.4, -0.2) is 73.2 Å². The second-order valence-corrected chi connectivity index (χ2v) is 8.85. The second kappa shape index (κ2) is 9.90. The summed E-state index contributed by atoms with van der Waals surface area (Å²) in [5.41, 5.74) is 2.40. The van der Waals surface area contributed by atoms with E-state index in [-0.39, 0.29) is 36.3 Å². The summed E-state index contributed by atoms with van der Waals surface area (Å²) in [5.74, 6) is -0.810. The maximum absolute atomic E-state index is 13.3. The molecule has 5 rings (SSSR count). The molecule has 1 unspecified atom stereocenters. The lowest BCUT2D eigenvalue weighted by molar-refractivity contribution is -0.127. The van der Waals surface area contributed by atoms with Gasteiger partial charge in [0.05, 0.1) is 55.2 Å². The molecular weight excluding hydrogens is 436 g/mol. The Bertz CT molecular complexity index is 1070. The molecule has 1 aromatic heterocycles. The van der Waals surface area contributed by atoms with Crippen molar-refractivity contribution in [3.63, 3.8) is 0 Å². The molecule has 0 spiro atoms. The van der Waals surface area contributed by atoms with Crippen LogP contribution in [0.15, 0.2) is 42.7 Å². The van der Waals surface area contributed by atoms with Gasteiger partial charge >= 0.3 is 0 Å². The molecule has 34 heavy (non-hydrogen) atoms. The van der Waals surface area contributed by atoms with Crippen LogP contribution in [0.4, 0.5) is 5.69 Å². The predicted octanol–water partition coefficient (Wildman–Crippen LogP) is 1.63. The minimum Gasteiger partial charge on any atom is -0.376 e. The fraction of sp³-hybridized carbons (Fsp3) is 0.440. The van der Waals surface area contributed by atoms with E-state index in [2.05, 4.69) is 15.2 Å². The topological polar surface area (TPSA) is 101 Å². The van der Waals surface area contributed by atoms with Crippen LogP contribution in [0.5, 0.6) is 0 Å². The van der Waals surface area contributed by atoms with E-state index in [9.17, 15) is 14.4 Å². The molecule has 0 bridgehead atoms. The highest BCUT2D eigenvalue weighted by Gasteiger charge is 2.39. The summed E-state index contributed by atoms with van der Waals surface area (Å²) < 4.78 is 11.0. The molecule has 1 aromatic carbocycles. The first-order valence-electron chi connectivity index (χ1n) is 11.7. The van der Waals surface area contributed by atoms with Crippen molar-refractivity contribution in [1.29, 1.82) is 0 Å². The third-order valence-corrected chi connectivity index (χ3v) is 6.59. The van der Waals surface area contributed by atoms with Gasteiger partial charge in [-0.2, -0.15) is 0 Å². The van der Waals surface area contributed by atoms with E-state index >= 15 is 0 Å². The number of nitrogens with zero attached hydrogens (tertiary/aromatic N) is 3. The number of aromatic nitrogens is 1. The zero-order valence-electron chi connectivity index (χ0n) is 18.9. The largest absolute Gasteiger partial charge is 0.376 e. The van der Waals surface area contributed by atoms with Gasteiger partial charge in [-0.1, -0.05) is 6.07 Å². The Morgan fingerprint density at radius 2 is 1.97 bits per heavy atom. The summed E-state index contributed by atoms with van der Waals surface area (Å²) in [6, 6.07) is 8.96. The first-order valence-corrected chi connectivity index (χ1v) is 11.7. The van der Waals surface area contributed by atoms with Crippen LogP contribution in [0, 0.1) is 5.92 Å². The molecule has 3 aliphatic rings. The van der Waals surface area contributed by atoms with E-state index in [1.807, 2.05) is 6.07 Å². The molecular formula is C25H28N4O5. The highest BCUT2D eigenvalue weighted by Crippen LogP contribution is 2.34. The molecule has 9 nitrogen and oxygen atoms in total. The van der Waals surface area contributed by atoms with Crippen LogP contribution in [0.3, 0.4) is 0 Å². The van der Waals surface area contributed by atoms with Gasteiger partial charge in [-0.05, 0) is 42.7 Å². The number of anilines is 1. The van der Waals surface area contributed by atoms with Crippen LogP contribution < -0.4 is 10.2 Å². The lowest BCUT2D eigenvalue weighted by atomic mass is 9.95. The third-order valence-electron chi connectivity index (χ3n) is 6.59. The van der Waals surface area contributed by atoms with E-state index in [1.54, 1.807) is 36.7 Å². The Balaban J connectivity index is 1.29. The molecule has 9 heteroatoms. The number of imide groups is 1. The first-order chi connectivity index (χ1) is 16.6. The number of ether oxygens (including phenoxy) is 2. The van der Waals surface area contributed by atoms with E-state index in [4.69, 9.17) is 9.47 Å². The summed E-state index contributed by atoms with van der Waals surface area (Å²) in [7, 11) is 0. The van der Waals surface area contributed by atoms with Gasteiger partial charge in [-0.3, -0.25) is 24.3 Å². The van der Waals surface area contributed by atoms with E-state index in [0.29, 0.717) is 44.0 Å². The molecule has 0 saturated carbocycles. The number of hydrogen-bond acceptors (Lipinski definition) is 7. The molecule has 2 fully saturated rings. The number of carbonyl (C=O) groups is 3. The van der Waals surface area contributed by atoms with Crippen LogP contribution in [0.1, 0.15) is 39.1 Å². The van der Waals surface area contributed by atoms with Crippen molar-refractivity contribution in [1.82, 2.24) is 15.2 Å². The maximum Gasteiger partial charge on any atom is 0.263 e. The van der Waals surface area contributed by atoms with Gasteiger partial charge in [0.25, 0.3) is 11.8 Å². The standard InChI is InChI=1S/C25H28N4O5/c30-23(27-13-19-16-33-11-12-34-19)18-3-2-10-28(15-18)21-5-1-4-20-22(21)25(32)29(24(20)31)14-17-6-8-26-9-7-17/h1,4-9,18-19H,2-3,10-16H2,(H,27,30)/t18-,19?/m1/s1.